The molecule has 0 spiro atoms. The van der Waals surface area contributed by atoms with Crippen LogP contribution in [-0.4, -0.2) is 24.8 Å². The molecule has 0 aromatic heterocycles. The SMILES string of the molecule is O=S(=O)(O)C(F)(F)COF. The molecular weight excluding hydrogens is 177 g/mol. The van der Waals surface area contributed by atoms with Gasteiger partial charge in [0, 0.05) is 0 Å². The summed E-state index contributed by atoms with van der Waals surface area (Å²) in [5.74, 6) is 0. The summed E-state index contributed by atoms with van der Waals surface area (Å²) >= 11 is 0. The van der Waals surface area contributed by atoms with Crippen molar-refractivity contribution >= 4 is 10.1 Å². The van der Waals surface area contributed by atoms with Gasteiger partial charge in [0.25, 0.3) is 0 Å². The number of rotatable bonds is 3. The average molecular weight is 180 g/mol. The first-order chi connectivity index (χ1) is 4.31. The first-order valence-electron chi connectivity index (χ1n) is 1.89. The Balaban J connectivity index is 4.42. The number of alkyl halides is 2. The minimum absolute atomic E-state index is 2.01. The predicted molar refractivity (Wildman–Crippen MR) is 23.6 cm³/mol. The first-order valence-corrected chi connectivity index (χ1v) is 3.33. The van der Waals surface area contributed by atoms with Crippen LogP contribution in [0.15, 0.2) is 0 Å². The van der Waals surface area contributed by atoms with Gasteiger partial charge in [-0.25, -0.2) is 0 Å². The summed E-state index contributed by atoms with van der Waals surface area (Å²) in [6, 6.07) is 0. The van der Waals surface area contributed by atoms with Gasteiger partial charge in [-0.1, -0.05) is 0 Å². The van der Waals surface area contributed by atoms with E-state index in [0.717, 1.165) is 0 Å². The third kappa shape index (κ3) is 2.12. The van der Waals surface area contributed by atoms with Crippen LogP contribution in [0.5, 0.6) is 0 Å². The second-order valence-electron chi connectivity index (χ2n) is 1.37. The standard InChI is InChI=1S/C2H3F3O4S/c3-2(4,1-9-5)10(6,7)8/h1H2,(H,6,7,8). The number of hydrogen-bond acceptors (Lipinski definition) is 3. The summed E-state index contributed by atoms with van der Waals surface area (Å²) < 4.78 is 61.0. The normalized spacial score (nSPS) is 13.6. The highest BCUT2D eigenvalue weighted by Gasteiger charge is 2.44. The Labute approximate surface area is 54.2 Å². The van der Waals surface area contributed by atoms with Gasteiger partial charge in [-0.05, 0) is 4.53 Å². The van der Waals surface area contributed by atoms with Crippen molar-refractivity contribution in [2.75, 3.05) is 6.61 Å². The molecule has 0 bridgehead atoms. The molecule has 0 aromatic rings. The van der Waals surface area contributed by atoms with Gasteiger partial charge in [-0.2, -0.15) is 22.1 Å². The van der Waals surface area contributed by atoms with E-state index in [1.807, 2.05) is 0 Å². The van der Waals surface area contributed by atoms with Crippen molar-refractivity contribution in [3.8, 4) is 0 Å². The van der Waals surface area contributed by atoms with Crippen molar-refractivity contribution in [3.05, 3.63) is 0 Å². The highest BCUT2D eigenvalue weighted by Crippen LogP contribution is 2.20. The molecule has 1 N–H and O–H groups in total. The maximum absolute atomic E-state index is 11.7. The monoisotopic (exact) mass is 180 g/mol. The molecule has 0 aromatic carbocycles. The minimum Gasteiger partial charge on any atom is -0.281 e. The van der Waals surface area contributed by atoms with Gasteiger partial charge < -0.3 is 0 Å². The topological polar surface area (TPSA) is 63.6 Å². The van der Waals surface area contributed by atoms with Crippen molar-refractivity contribution in [2.45, 2.75) is 5.25 Å². The molecule has 62 valence electrons. The molecule has 0 unspecified atom stereocenters. The van der Waals surface area contributed by atoms with E-state index in [1.54, 1.807) is 0 Å². The Morgan fingerprint density at radius 3 is 2.00 bits per heavy atom. The summed E-state index contributed by atoms with van der Waals surface area (Å²) in [7, 11) is -5.56. The van der Waals surface area contributed by atoms with E-state index in [-0.39, 0.29) is 0 Å². The van der Waals surface area contributed by atoms with E-state index in [0.29, 0.717) is 0 Å². The molecule has 4 nitrogen and oxygen atoms in total. The van der Waals surface area contributed by atoms with Crippen molar-refractivity contribution in [1.82, 2.24) is 0 Å². The molecule has 0 amide bonds. The molecule has 0 radical (unpaired) electrons. The second-order valence-corrected chi connectivity index (χ2v) is 2.91. The Hall–Kier alpha value is -0.340. The van der Waals surface area contributed by atoms with Gasteiger partial charge in [-0.15, -0.1) is 0 Å². The molecule has 0 saturated carbocycles. The fourth-order valence-corrected chi connectivity index (χ4v) is 0.331. The van der Waals surface area contributed by atoms with Crippen LogP contribution < -0.4 is 0 Å². The van der Waals surface area contributed by atoms with Crippen LogP contribution in [0.4, 0.5) is 13.3 Å². The fraction of sp³-hybridized carbons (Fsp3) is 1.00. The van der Waals surface area contributed by atoms with Crippen LogP contribution in [0.25, 0.3) is 0 Å². The average Bonchev–Trinajstić information content (AvgIpc) is 1.61. The summed E-state index contributed by atoms with van der Waals surface area (Å²) in [6.45, 7) is -2.01. The molecule has 0 aliphatic heterocycles. The third-order valence-electron chi connectivity index (χ3n) is 0.600. The second kappa shape index (κ2) is 2.72. The lowest BCUT2D eigenvalue weighted by atomic mass is 10.8. The molecule has 0 rings (SSSR count). The molecule has 10 heavy (non-hydrogen) atoms. The Kier molecular flexibility index (Phi) is 2.63. The maximum atomic E-state index is 11.7. The third-order valence-corrected chi connectivity index (χ3v) is 1.47. The predicted octanol–water partition coefficient (Wildman–Crippen LogP) is 0.368. The highest BCUT2D eigenvalue weighted by atomic mass is 32.2. The molecule has 8 heteroatoms. The lowest BCUT2D eigenvalue weighted by Crippen LogP contribution is -2.32. The summed E-state index contributed by atoms with van der Waals surface area (Å²) in [5, 5.41) is -4.58. The zero-order valence-electron chi connectivity index (χ0n) is 4.42. The number of hydrogen-bond donors (Lipinski definition) is 1. The smallest absolute Gasteiger partial charge is 0.281 e. The molecule has 0 saturated heterocycles. The molecule has 0 heterocycles. The zero-order valence-corrected chi connectivity index (χ0v) is 5.24. The lowest BCUT2D eigenvalue weighted by Gasteiger charge is -2.07. The lowest BCUT2D eigenvalue weighted by molar-refractivity contribution is -0.176. The van der Waals surface area contributed by atoms with Crippen LogP contribution in [0.2, 0.25) is 0 Å². The molecule has 0 atom stereocenters. The number of halogens is 3. The van der Waals surface area contributed by atoms with E-state index in [4.69, 9.17) is 4.55 Å². The Morgan fingerprint density at radius 2 is 1.90 bits per heavy atom. The van der Waals surface area contributed by atoms with E-state index >= 15 is 0 Å². The largest absolute Gasteiger partial charge is 0.395 e. The summed E-state index contributed by atoms with van der Waals surface area (Å²) in [5.41, 5.74) is 0. The van der Waals surface area contributed by atoms with E-state index in [1.165, 1.54) is 0 Å². The van der Waals surface area contributed by atoms with E-state index < -0.39 is 22.0 Å². The van der Waals surface area contributed by atoms with Gasteiger partial charge in [-0.3, -0.25) is 4.55 Å². The summed E-state index contributed by atoms with van der Waals surface area (Å²) in [4.78, 5) is 2.34. The van der Waals surface area contributed by atoms with Gasteiger partial charge in [0.15, 0.2) is 6.61 Å². The van der Waals surface area contributed by atoms with Gasteiger partial charge in [0.2, 0.25) is 0 Å². The summed E-state index contributed by atoms with van der Waals surface area (Å²) in [6.07, 6.45) is 0. The van der Waals surface area contributed by atoms with Crippen LogP contribution in [-0.2, 0) is 15.1 Å². The van der Waals surface area contributed by atoms with Gasteiger partial charge in [0.1, 0.15) is 0 Å². The Morgan fingerprint density at radius 1 is 1.50 bits per heavy atom. The van der Waals surface area contributed by atoms with Crippen molar-refractivity contribution < 1.29 is 31.2 Å². The highest BCUT2D eigenvalue weighted by molar-refractivity contribution is 7.86. The van der Waals surface area contributed by atoms with Crippen molar-refractivity contribution in [2.24, 2.45) is 0 Å². The molecular formula is C2H3F3O4S. The van der Waals surface area contributed by atoms with Gasteiger partial charge in [0.05, 0.1) is 0 Å². The molecule has 0 aliphatic carbocycles. The quantitative estimate of drug-likeness (QED) is 0.637. The molecule has 0 aliphatic rings. The van der Waals surface area contributed by atoms with E-state index in [2.05, 4.69) is 4.94 Å². The first kappa shape index (κ1) is 9.66. The zero-order chi connectivity index (χ0) is 8.41. The van der Waals surface area contributed by atoms with Gasteiger partial charge >= 0.3 is 15.4 Å². The van der Waals surface area contributed by atoms with Crippen LogP contribution in [0.1, 0.15) is 0 Å². The fourth-order valence-electron chi connectivity index (χ4n) is 0.138. The van der Waals surface area contributed by atoms with Crippen LogP contribution in [0.3, 0.4) is 0 Å². The van der Waals surface area contributed by atoms with E-state index in [9.17, 15) is 21.7 Å². The van der Waals surface area contributed by atoms with Crippen LogP contribution in [0, 0.1) is 0 Å². The Bertz CT molecular complexity index is 197. The molecule has 0 fully saturated rings. The maximum Gasteiger partial charge on any atom is 0.395 e. The van der Waals surface area contributed by atoms with Crippen molar-refractivity contribution in [3.63, 3.8) is 0 Å². The van der Waals surface area contributed by atoms with Crippen LogP contribution >= 0.6 is 0 Å². The van der Waals surface area contributed by atoms with Crippen molar-refractivity contribution in [1.29, 1.82) is 0 Å². The minimum atomic E-state index is -5.56.